The predicted molar refractivity (Wildman–Crippen MR) is 119 cm³/mol. The third-order valence-corrected chi connectivity index (χ3v) is 6.83. The van der Waals surface area contributed by atoms with E-state index < -0.39 is 39.9 Å². The van der Waals surface area contributed by atoms with Crippen LogP contribution < -0.4 is 9.62 Å². The van der Waals surface area contributed by atoms with Crippen molar-refractivity contribution in [2.75, 3.05) is 22.4 Å². The molecule has 32 heavy (non-hydrogen) atoms. The van der Waals surface area contributed by atoms with Gasteiger partial charge < -0.3 is 5.32 Å². The molecule has 0 radical (unpaired) electrons. The number of hydrogen-bond donors (Lipinski definition) is 1. The lowest BCUT2D eigenvalue weighted by atomic mass is 10.0. The Balaban J connectivity index is 1.66. The molecule has 0 heterocycles. The number of halogens is 4. The van der Waals surface area contributed by atoms with Crippen LogP contribution in [0, 0.1) is 0 Å². The molecular weight excluding hydrogens is 465 g/mol. The number of amides is 1. The van der Waals surface area contributed by atoms with Gasteiger partial charge >= 0.3 is 6.18 Å². The summed E-state index contributed by atoms with van der Waals surface area (Å²) in [6, 6.07) is 11.7. The minimum absolute atomic E-state index is 0.221. The zero-order chi connectivity index (χ0) is 23.3. The molecule has 1 aliphatic rings. The van der Waals surface area contributed by atoms with E-state index in [0.717, 1.165) is 42.0 Å². The predicted octanol–water partition coefficient (Wildman–Crippen LogP) is 5.02. The van der Waals surface area contributed by atoms with Crippen molar-refractivity contribution in [3.8, 4) is 0 Å². The SMILES string of the molecule is CS(=O)(=O)N(CC(=O)Nc1ccc2c3c(cccc13)CC2)c1cc(C(F)(F)F)ccc1Cl. The Morgan fingerprint density at radius 2 is 1.78 bits per heavy atom. The molecule has 4 rings (SSSR count). The minimum Gasteiger partial charge on any atom is -0.324 e. The van der Waals surface area contributed by atoms with Gasteiger partial charge in [0.05, 0.1) is 22.5 Å². The molecule has 0 saturated heterocycles. The molecule has 0 bridgehead atoms. The van der Waals surface area contributed by atoms with Crippen LogP contribution in [0.1, 0.15) is 16.7 Å². The molecule has 10 heteroatoms. The summed E-state index contributed by atoms with van der Waals surface area (Å²) in [5.41, 5.74) is 1.35. The standard InChI is InChI=1S/C22H18ClF3N2O3S/c1-32(30,31)28(19-11-15(22(24,25)26)8-9-17(19)23)12-20(29)27-18-10-7-14-6-5-13-3-2-4-16(18)21(13)14/h2-4,7-11H,5-6,12H2,1H3,(H,27,29). The van der Waals surface area contributed by atoms with Crippen LogP contribution in [-0.4, -0.2) is 27.1 Å². The van der Waals surface area contributed by atoms with Crippen molar-refractivity contribution in [1.29, 1.82) is 0 Å². The molecule has 0 fully saturated rings. The molecule has 3 aromatic carbocycles. The number of anilines is 2. The van der Waals surface area contributed by atoms with Crippen molar-refractivity contribution in [3.63, 3.8) is 0 Å². The average Bonchev–Trinajstić information content (AvgIpc) is 3.12. The quantitative estimate of drug-likeness (QED) is 0.555. The van der Waals surface area contributed by atoms with E-state index in [-0.39, 0.29) is 5.02 Å². The van der Waals surface area contributed by atoms with Crippen LogP contribution in [0.2, 0.25) is 5.02 Å². The third-order valence-electron chi connectivity index (χ3n) is 5.38. The summed E-state index contributed by atoms with van der Waals surface area (Å²) in [5.74, 6) is -0.706. The van der Waals surface area contributed by atoms with Crippen LogP contribution in [0.3, 0.4) is 0 Å². The topological polar surface area (TPSA) is 66.5 Å². The number of nitrogens with zero attached hydrogens (tertiary/aromatic N) is 1. The van der Waals surface area contributed by atoms with Crippen LogP contribution in [-0.2, 0) is 33.8 Å². The van der Waals surface area contributed by atoms with Gasteiger partial charge in [-0.1, -0.05) is 35.9 Å². The summed E-state index contributed by atoms with van der Waals surface area (Å²) in [6.45, 7) is -0.733. The lowest BCUT2D eigenvalue weighted by Crippen LogP contribution is -2.37. The van der Waals surface area contributed by atoms with Gasteiger partial charge in [-0.3, -0.25) is 9.10 Å². The second kappa shape index (κ2) is 7.97. The molecule has 0 spiro atoms. The van der Waals surface area contributed by atoms with Gasteiger partial charge in [-0.05, 0) is 53.6 Å². The molecule has 0 atom stereocenters. The maximum Gasteiger partial charge on any atom is 0.416 e. The van der Waals surface area contributed by atoms with Crippen LogP contribution >= 0.6 is 11.6 Å². The Morgan fingerprint density at radius 3 is 2.44 bits per heavy atom. The second-order valence-electron chi connectivity index (χ2n) is 7.59. The molecule has 0 unspecified atom stereocenters. The number of sulfonamides is 1. The highest BCUT2D eigenvalue weighted by Crippen LogP contribution is 2.37. The summed E-state index contributed by atoms with van der Waals surface area (Å²) in [6.07, 6.45) is -2.09. The van der Waals surface area contributed by atoms with Crippen molar-refractivity contribution in [2.24, 2.45) is 0 Å². The zero-order valence-electron chi connectivity index (χ0n) is 16.8. The summed E-state index contributed by atoms with van der Waals surface area (Å²) in [7, 11) is -4.12. The maximum atomic E-state index is 13.1. The van der Waals surface area contributed by atoms with Gasteiger partial charge in [0.15, 0.2) is 0 Å². The highest BCUT2D eigenvalue weighted by molar-refractivity contribution is 7.92. The van der Waals surface area contributed by atoms with Gasteiger partial charge in [0, 0.05) is 11.1 Å². The largest absolute Gasteiger partial charge is 0.416 e. The Hall–Kier alpha value is -2.78. The van der Waals surface area contributed by atoms with Gasteiger partial charge in [-0.2, -0.15) is 13.2 Å². The molecule has 1 aliphatic carbocycles. The third kappa shape index (κ3) is 4.27. The minimum atomic E-state index is -4.70. The van der Waals surface area contributed by atoms with Gasteiger partial charge in [-0.15, -0.1) is 0 Å². The second-order valence-corrected chi connectivity index (χ2v) is 9.91. The van der Waals surface area contributed by atoms with Crippen LogP contribution in [0.5, 0.6) is 0 Å². The molecule has 0 aromatic heterocycles. The number of nitrogens with one attached hydrogen (secondary N) is 1. The molecule has 0 aliphatic heterocycles. The van der Waals surface area contributed by atoms with E-state index >= 15 is 0 Å². The highest BCUT2D eigenvalue weighted by atomic mass is 35.5. The van der Waals surface area contributed by atoms with Gasteiger partial charge in [-0.25, -0.2) is 8.42 Å². The molecule has 5 nitrogen and oxygen atoms in total. The van der Waals surface area contributed by atoms with Gasteiger partial charge in [0.25, 0.3) is 0 Å². The van der Waals surface area contributed by atoms with Crippen molar-refractivity contribution in [2.45, 2.75) is 19.0 Å². The van der Waals surface area contributed by atoms with Crippen molar-refractivity contribution >= 4 is 49.7 Å². The number of carbonyl (C=O) groups is 1. The first-order chi connectivity index (χ1) is 14.9. The average molecular weight is 483 g/mol. The molecule has 1 amide bonds. The fourth-order valence-corrected chi connectivity index (χ4v) is 5.07. The van der Waals surface area contributed by atoms with Crippen LogP contribution in [0.4, 0.5) is 24.5 Å². The number of carbonyl (C=O) groups excluding carboxylic acids is 1. The first kappa shape index (κ1) is 22.4. The Kier molecular flexibility index (Phi) is 5.58. The fraction of sp³-hybridized carbons (Fsp3) is 0.227. The lowest BCUT2D eigenvalue weighted by molar-refractivity contribution is -0.137. The Labute approximate surface area is 187 Å². The number of alkyl halides is 3. The van der Waals surface area contributed by atoms with Gasteiger partial charge in [0.2, 0.25) is 15.9 Å². The van der Waals surface area contributed by atoms with E-state index in [1.165, 1.54) is 11.1 Å². The first-order valence-electron chi connectivity index (χ1n) is 9.63. The number of aryl methyl sites for hydroxylation is 2. The van der Waals surface area contributed by atoms with E-state index in [9.17, 15) is 26.4 Å². The summed E-state index contributed by atoms with van der Waals surface area (Å²) >= 11 is 6.01. The van der Waals surface area contributed by atoms with E-state index in [1.807, 2.05) is 24.3 Å². The monoisotopic (exact) mass is 482 g/mol. The van der Waals surface area contributed by atoms with E-state index in [4.69, 9.17) is 11.6 Å². The number of benzene rings is 3. The van der Waals surface area contributed by atoms with Crippen molar-refractivity contribution < 1.29 is 26.4 Å². The fourth-order valence-electron chi connectivity index (χ4n) is 3.94. The van der Waals surface area contributed by atoms with Crippen molar-refractivity contribution in [3.05, 3.63) is 70.2 Å². The molecule has 168 valence electrons. The number of rotatable bonds is 5. The first-order valence-corrected chi connectivity index (χ1v) is 11.9. The van der Waals surface area contributed by atoms with Crippen LogP contribution in [0.25, 0.3) is 10.8 Å². The Bertz CT molecular complexity index is 1330. The summed E-state index contributed by atoms with van der Waals surface area (Å²) in [4.78, 5) is 12.8. The normalized spacial score (nSPS) is 13.4. The maximum absolute atomic E-state index is 13.1. The summed E-state index contributed by atoms with van der Waals surface area (Å²) in [5, 5.41) is 4.36. The van der Waals surface area contributed by atoms with E-state index in [2.05, 4.69) is 5.32 Å². The van der Waals surface area contributed by atoms with E-state index in [1.54, 1.807) is 6.07 Å². The molecule has 3 aromatic rings. The Morgan fingerprint density at radius 1 is 1.09 bits per heavy atom. The lowest BCUT2D eigenvalue weighted by Gasteiger charge is -2.24. The highest BCUT2D eigenvalue weighted by Gasteiger charge is 2.33. The van der Waals surface area contributed by atoms with E-state index in [0.29, 0.717) is 16.1 Å². The molecule has 0 saturated carbocycles. The van der Waals surface area contributed by atoms with Gasteiger partial charge in [0.1, 0.15) is 6.54 Å². The van der Waals surface area contributed by atoms with Crippen LogP contribution in [0.15, 0.2) is 48.5 Å². The molecular formula is C22H18ClF3N2O3S. The zero-order valence-corrected chi connectivity index (χ0v) is 18.4. The number of hydrogen-bond acceptors (Lipinski definition) is 3. The van der Waals surface area contributed by atoms with Crippen molar-refractivity contribution in [1.82, 2.24) is 0 Å². The summed E-state index contributed by atoms with van der Waals surface area (Å²) < 4.78 is 64.7. The molecule has 1 N–H and O–H groups in total. The smallest absolute Gasteiger partial charge is 0.324 e.